The molecule has 1 fully saturated rings. The highest BCUT2D eigenvalue weighted by Gasteiger charge is 2.35. The number of nitrogens with zero attached hydrogens (tertiary/aromatic N) is 1. The molecule has 104 valence electrons. The van der Waals surface area contributed by atoms with Crippen LogP contribution in [-0.2, 0) is 9.53 Å². The van der Waals surface area contributed by atoms with Crippen LogP contribution in [0.3, 0.4) is 0 Å². The number of alkyl halides is 1. The average molecular weight is 276 g/mol. The second-order valence-electron chi connectivity index (χ2n) is 5.59. The van der Waals surface area contributed by atoms with Crippen molar-refractivity contribution in [2.45, 2.75) is 58.1 Å². The molecule has 1 aliphatic rings. The van der Waals surface area contributed by atoms with E-state index in [1.54, 1.807) is 4.90 Å². The number of Topliss-reactive ketones (excluding diaryl/α,β-unsaturated/α-hetero) is 1. The number of halogens is 1. The summed E-state index contributed by atoms with van der Waals surface area (Å²) in [4.78, 5) is 25.5. The van der Waals surface area contributed by atoms with Gasteiger partial charge in [0.05, 0.1) is 6.04 Å². The van der Waals surface area contributed by atoms with Crippen LogP contribution in [0.4, 0.5) is 4.79 Å². The van der Waals surface area contributed by atoms with Crippen LogP contribution in [-0.4, -0.2) is 40.8 Å². The molecule has 18 heavy (non-hydrogen) atoms. The summed E-state index contributed by atoms with van der Waals surface area (Å²) in [5.74, 6) is 0.573. The Hall–Kier alpha value is -0.770. The molecule has 1 rings (SSSR count). The number of hydrogen-bond donors (Lipinski definition) is 0. The van der Waals surface area contributed by atoms with Crippen molar-refractivity contribution in [3.05, 3.63) is 0 Å². The molecule has 5 heteroatoms. The molecule has 4 nitrogen and oxygen atoms in total. The fourth-order valence-corrected chi connectivity index (χ4v) is 2.18. The van der Waals surface area contributed by atoms with E-state index in [0.29, 0.717) is 25.3 Å². The average Bonchev–Trinajstić information content (AvgIpc) is 2.72. The molecule has 0 bridgehead atoms. The number of rotatable bonds is 4. The van der Waals surface area contributed by atoms with Crippen molar-refractivity contribution in [2.75, 3.05) is 12.4 Å². The number of likely N-dealkylation sites (tertiary alicyclic amines) is 1. The molecule has 0 aromatic rings. The molecule has 1 aliphatic heterocycles. The zero-order valence-corrected chi connectivity index (χ0v) is 12.1. The molecule has 0 spiro atoms. The lowest BCUT2D eigenvalue weighted by Gasteiger charge is -2.27. The second-order valence-corrected chi connectivity index (χ2v) is 5.97. The van der Waals surface area contributed by atoms with E-state index in [0.717, 1.165) is 12.8 Å². The van der Waals surface area contributed by atoms with Gasteiger partial charge in [-0.3, -0.25) is 9.69 Å². The predicted octanol–water partition coefficient (Wildman–Crippen LogP) is 2.97. The van der Waals surface area contributed by atoms with Crippen molar-refractivity contribution >= 4 is 23.5 Å². The van der Waals surface area contributed by atoms with Gasteiger partial charge in [0.15, 0.2) is 5.78 Å². The lowest BCUT2D eigenvalue weighted by atomic mass is 10.1. The minimum Gasteiger partial charge on any atom is -0.444 e. The van der Waals surface area contributed by atoms with Crippen molar-refractivity contribution in [2.24, 2.45) is 0 Å². The van der Waals surface area contributed by atoms with Gasteiger partial charge >= 0.3 is 6.09 Å². The molecule has 0 saturated carbocycles. The van der Waals surface area contributed by atoms with Crippen LogP contribution in [0.1, 0.15) is 46.5 Å². The van der Waals surface area contributed by atoms with E-state index in [-0.39, 0.29) is 17.9 Å². The maximum Gasteiger partial charge on any atom is 0.410 e. The quantitative estimate of drug-likeness (QED) is 0.741. The Bertz CT molecular complexity index is 312. The predicted molar refractivity (Wildman–Crippen MR) is 70.9 cm³/mol. The van der Waals surface area contributed by atoms with Crippen LogP contribution in [0.25, 0.3) is 0 Å². The van der Waals surface area contributed by atoms with Crippen molar-refractivity contribution < 1.29 is 14.3 Å². The fourth-order valence-electron chi connectivity index (χ4n) is 2.05. The van der Waals surface area contributed by atoms with Crippen LogP contribution >= 0.6 is 11.6 Å². The summed E-state index contributed by atoms with van der Waals surface area (Å²) in [5, 5.41) is 0. The van der Waals surface area contributed by atoms with Crippen LogP contribution in [0, 0.1) is 0 Å². The highest BCUT2D eigenvalue weighted by atomic mass is 35.5. The van der Waals surface area contributed by atoms with Gasteiger partial charge in [0.25, 0.3) is 0 Å². The summed E-state index contributed by atoms with van der Waals surface area (Å²) >= 11 is 5.58. The molecule has 0 aromatic carbocycles. The Morgan fingerprint density at radius 1 is 1.39 bits per heavy atom. The first kappa shape index (κ1) is 15.3. The second kappa shape index (κ2) is 6.41. The van der Waals surface area contributed by atoms with E-state index in [4.69, 9.17) is 16.3 Å². The van der Waals surface area contributed by atoms with Crippen molar-refractivity contribution in [1.82, 2.24) is 4.90 Å². The van der Waals surface area contributed by atoms with Crippen LogP contribution in [0.15, 0.2) is 0 Å². The topological polar surface area (TPSA) is 46.6 Å². The molecule has 1 saturated heterocycles. The van der Waals surface area contributed by atoms with Gasteiger partial charge in [0.2, 0.25) is 0 Å². The smallest absolute Gasteiger partial charge is 0.410 e. The molecule has 0 aromatic heterocycles. The molecular formula is C13H22ClNO3. The zero-order chi connectivity index (χ0) is 13.8. The molecule has 0 aliphatic carbocycles. The van der Waals surface area contributed by atoms with Crippen LogP contribution < -0.4 is 0 Å². The van der Waals surface area contributed by atoms with Gasteiger partial charge in [-0.25, -0.2) is 4.79 Å². The van der Waals surface area contributed by atoms with Gasteiger partial charge in [0.1, 0.15) is 5.60 Å². The lowest BCUT2D eigenvalue weighted by molar-refractivity contribution is -0.123. The molecule has 1 amide bonds. The van der Waals surface area contributed by atoms with Gasteiger partial charge in [-0.15, -0.1) is 11.6 Å². The first-order valence-corrected chi connectivity index (χ1v) is 6.97. The van der Waals surface area contributed by atoms with E-state index < -0.39 is 5.60 Å². The Labute approximate surface area is 114 Å². The molecule has 1 heterocycles. The lowest BCUT2D eigenvalue weighted by Crippen LogP contribution is -2.43. The summed E-state index contributed by atoms with van der Waals surface area (Å²) in [6.07, 6.45) is 2.31. The third-order valence-electron chi connectivity index (χ3n) is 2.81. The van der Waals surface area contributed by atoms with E-state index >= 15 is 0 Å². The molecule has 1 atom stereocenters. The van der Waals surface area contributed by atoms with Crippen molar-refractivity contribution in [3.63, 3.8) is 0 Å². The molecule has 0 N–H and O–H groups in total. The number of amides is 1. The Balaban J connectivity index is 2.59. The van der Waals surface area contributed by atoms with Crippen molar-refractivity contribution in [3.8, 4) is 0 Å². The van der Waals surface area contributed by atoms with Gasteiger partial charge in [-0.05, 0) is 40.0 Å². The van der Waals surface area contributed by atoms with E-state index in [9.17, 15) is 9.59 Å². The largest absolute Gasteiger partial charge is 0.444 e. The van der Waals surface area contributed by atoms with Gasteiger partial charge in [-0.2, -0.15) is 0 Å². The first-order chi connectivity index (χ1) is 8.35. The van der Waals surface area contributed by atoms with E-state index in [1.165, 1.54) is 0 Å². The maximum atomic E-state index is 12.0. The van der Waals surface area contributed by atoms with Gasteiger partial charge in [-0.1, -0.05) is 0 Å². The normalized spacial score (nSPS) is 20.0. The van der Waals surface area contributed by atoms with Crippen LogP contribution in [0.5, 0.6) is 0 Å². The first-order valence-electron chi connectivity index (χ1n) is 6.43. The van der Waals surface area contributed by atoms with E-state index in [2.05, 4.69) is 0 Å². The Kier molecular flexibility index (Phi) is 5.45. The minimum absolute atomic E-state index is 0.0963. The zero-order valence-electron chi connectivity index (χ0n) is 11.4. The molecular weight excluding hydrogens is 254 g/mol. The highest BCUT2D eigenvalue weighted by Crippen LogP contribution is 2.22. The highest BCUT2D eigenvalue weighted by molar-refractivity contribution is 6.17. The SMILES string of the molecule is CC(C)(C)OC(=O)N1CCC[C@H]1C(=O)CCCCl. The number of carbonyl (C=O) groups excluding carboxylic acids is 2. The Morgan fingerprint density at radius 3 is 2.61 bits per heavy atom. The van der Waals surface area contributed by atoms with Crippen molar-refractivity contribution in [1.29, 1.82) is 0 Å². The monoisotopic (exact) mass is 275 g/mol. The fraction of sp³-hybridized carbons (Fsp3) is 0.846. The maximum absolute atomic E-state index is 12.0. The Morgan fingerprint density at radius 2 is 2.06 bits per heavy atom. The summed E-state index contributed by atoms with van der Waals surface area (Å²) < 4.78 is 5.32. The third kappa shape index (κ3) is 4.48. The number of carbonyl (C=O) groups is 2. The summed E-state index contributed by atoms with van der Waals surface area (Å²) in [7, 11) is 0. The summed E-state index contributed by atoms with van der Waals surface area (Å²) in [6, 6.07) is -0.317. The number of hydrogen-bond acceptors (Lipinski definition) is 3. The summed E-state index contributed by atoms with van der Waals surface area (Å²) in [5.41, 5.74) is -0.524. The molecule has 0 radical (unpaired) electrons. The minimum atomic E-state index is -0.524. The van der Waals surface area contributed by atoms with Gasteiger partial charge in [0, 0.05) is 18.8 Å². The molecule has 0 unspecified atom stereocenters. The van der Waals surface area contributed by atoms with Gasteiger partial charge < -0.3 is 4.74 Å². The van der Waals surface area contributed by atoms with E-state index in [1.807, 2.05) is 20.8 Å². The number of ketones is 1. The third-order valence-corrected chi connectivity index (χ3v) is 3.08. The number of ether oxygens (including phenoxy) is 1. The van der Waals surface area contributed by atoms with Crippen LogP contribution in [0.2, 0.25) is 0 Å². The standard InChI is InChI=1S/C13H22ClNO3/c1-13(2,3)18-12(17)15-9-5-6-10(15)11(16)7-4-8-14/h10H,4-9H2,1-3H3/t10-/m0/s1. The summed E-state index contributed by atoms with van der Waals surface area (Å²) in [6.45, 7) is 6.08.